The van der Waals surface area contributed by atoms with Gasteiger partial charge in [0.15, 0.2) is 0 Å². The summed E-state index contributed by atoms with van der Waals surface area (Å²) in [6, 6.07) is 11.3. The molecule has 2 heterocycles. The average molecular weight is 392 g/mol. The van der Waals surface area contributed by atoms with Crippen LogP contribution in [0.5, 0.6) is 0 Å². The molecule has 2 aromatic heterocycles. The third-order valence-electron chi connectivity index (χ3n) is 4.79. The van der Waals surface area contributed by atoms with E-state index in [1.165, 1.54) is 24.3 Å². The van der Waals surface area contributed by atoms with Crippen molar-refractivity contribution in [1.29, 1.82) is 0 Å². The van der Waals surface area contributed by atoms with E-state index in [2.05, 4.69) is 15.3 Å². The molecule has 1 unspecified atom stereocenters. The first kappa shape index (κ1) is 18.7. The number of pyridine rings is 1. The van der Waals surface area contributed by atoms with E-state index >= 15 is 0 Å². The van der Waals surface area contributed by atoms with Crippen LogP contribution in [0.3, 0.4) is 0 Å². The van der Waals surface area contributed by atoms with Gasteiger partial charge in [-0.1, -0.05) is 12.1 Å². The van der Waals surface area contributed by atoms with Crippen molar-refractivity contribution in [3.63, 3.8) is 0 Å². The lowest BCUT2D eigenvalue weighted by Gasteiger charge is -2.20. The fraction of sp³-hybridized carbons (Fsp3) is 0.136. The Morgan fingerprint density at radius 1 is 1.10 bits per heavy atom. The number of carbonyl (C=O) groups excluding carboxylic acids is 1. The molecule has 1 atom stereocenters. The number of hydrogen-bond donors (Lipinski definition) is 1. The standard InChI is InChI=1S/C22H18F2N4O/c1-13-18(11-14-6-7-17(24)12-19(14)26-13)22(29)27-20(21-25-8-9-28(21)2)15-4-3-5-16(23)10-15/h3-12,20H,1-2H3,(H,27,29). The number of amides is 1. The van der Waals surface area contributed by atoms with Gasteiger partial charge < -0.3 is 9.88 Å². The zero-order valence-electron chi connectivity index (χ0n) is 15.9. The van der Waals surface area contributed by atoms with Crippen LogP contribution in [0.2, 0.25) is 0 Å². The highest BCUT2D eigenvalue weighted by Crippen LogP contribution is 2.23. The summed E-state index contributed by atoms with van der Waals surface area (Å²) in [4.78, 5) is 21.8. The van der Waals surface area contributed by atoms with Crippen LogP contribution >= 0.6 is 0 Å². The summed E-state index contributed by atoms with van der Waals surface area (Å²) in [5, 5.41) is 3.59. The van der Waals surface area contributed by atoms with Gasteiger partial charge in [0.25, 0.3) is 5.91 Å². The predicted molar refractivity (Wildman–Crippen MR) is 105 cm³/mol. The van der Waals surface area contributed by atoms with Crippen LogP contribution in [0.25, 0.3) is 10.9 Å². The van der Waals surface area contributed by atoms with Crippen LogP contribution in [0.15, 0.2) is 60.9 Å². The largest absolute Gasteiger partial charge is 0.338 e. The second-order valence-corrected chi connectivity index (χ2v) is 6.82. The van der Waals surface area contributed by atoms with Crippen molar-refractivity contribution in [2.75, 3.05) is 0 Å². The molecule has 0 fully saturated rings. The molecular weight excluding hydrogens is 374 g/mol. The molecule has 0 aliphatic heterocycles. The number of nitrogens with zero attached hydrogens (tertiary/aromatic N) is 3. The number of hydrogen-bond acceptors (Lipinski definition) is 3. The Bertz CT molecular complexity index is 1220. The summed E-state index contributed by atoms with van der Waals surface area (Å²) in [6.45, 7) is 1.69. The molecule has 0 aliphatic carbocycles. The number of fused-ring (bicyclic) bond motifs is 1. The number of nitrogens with one attached hydrogen (secondary N) is 1. The minimum Gasteiger partial charge on any atom is -0.338 e. The highest BCUT2D eigenvalue weighted by molar-refractivity contribution is 5.99. The van der Waals surface area contributed by atoms with E-state index in [1.807, 2.05) is 0 Å². The molecule has 0 saturated carbocycles. The monoisotopic (exact) mass is 392 g/mol. The van der Waals surface area contributed by atoms with Gasteiger partial charge in [-0.05, 0) is 42.8 Å². The van der Waals surface area contributed by atoms with Gasteiger partial charge in [-0.15, -0.1) is 0 Å². The van der Waals surface area contributed by atoms with E-state index in [0.717, 1.165) is 0 Å². The van der Waals surface area contributed by atoms with Crippen LogP contribution in [-0.2, 0) is 7.05 Å². The van der Waals surface area contributed by atoms with Crippen molar-refractivity contribution in [3.05, 3.63) is 95.2 Å². The van der Waals surface area contributed by atoms with E-state index in [1.54, 1.807) is 55.2 Å². The van der Waals surface area contributed by atoms with Gasteiger partial charge in [-0.2, -0.15) is 0 Å². The summed E-state index contributed by atoms with van der Waals surface area (Å²) in [5.41, 5.74) is 1.88. The zero-order valence-corrected chi connectivity index (χ0v) is 15.9. The Morgan fingerprint density at radius 3 is 2.62 bits per heavy atom. The molecule has 29 heavy (non-hydrogen) atoms. The summed E-state index contributed by atoms with van der Waals surface area (Å²) in [7, 11) is 1.80. The zero-order chi connectivity index (χ0) is 20.5. The van der Waals surface area contributed by atoms with Gasteiger partial charge in [0.05, 0.1) is 16.8 Å². The summed E-state index contributed by atoms with van der Waals surface area (Å²) < 4.78 is 29.0. The van der Waals surface area contributed by atoms with Gasteiger partial charge in [-0.3, -0.25) is 9.78 Å². The van der Waals surface area contributed by atoms with Crippen LogP contribution in [0.4, 0.5) is 8.78 Å². The normalized spacial score (nSPS) is 12.1. The highest BCUT2D eigenvalue weighted by Gasteiger charge is 2.23. The summed E-state index contributed by atoms with van der Waals surface area (Å²) in [6.07, 6.45) is 3.37. The second-order valence-electron chi connectivity index (χ2n) is 6.82. The Morgan fingerprint density at radius 2 is 1.90 bits per heavy atom. The predicted octanol–water partition coefficient (Wildman–Crippen LogP) is 4.07. The first-order valence-corrected chi connectivity index (χ1v) is 9.03. The van der Waals surface area contributed by atoms with Crippen molar-refractivity contribution < 1.29 is 13.6 Å². The second kappa shape index (κ2) is 7.43. The average Bonchev–Trinajstić information content (AvgIpc) is 3.11. The minimum atomic E-state index is -0.651. The molecule has 1 amide bonds. The van der Waals surface area contributed by atoms with E-state index in [9.17, 15) is 13.6 Å². The lowest BCUT2D eigenvalue weighted by Crippen LogP contribution is -2.31. The quantitative estimate of drug-likeness (QED) is 0.569. The topological polar surface area (TPSA) is 59.8 Å². The van der Waals surface area contributed by atoms with Gasteiger partial charge >= 0.3 is 0 Å². The molecule has 0 saturated heterocycles. The Labute approximate surface area is 166 Å². The number of halogens is 2. The number of aromatic nitrogens is 3. The molecule has 0 bridgehead atoms. The van der Waals surface area contributed by atoms with E-state index in [-0.39, 0.29) is 11.7 Å². The van der Waals surface area contributed by atoms with Crippen molar-refractivity contribution in [2.45, 2.75) is 13.0 Å². The van der Waals surface area contributed by atoms with Crippen molar-refractivity contribution in [3.8, 4) is 0 Å². The molecule has 0 spiro atoms. The van der Waals surface area contributed by atoms with Gasteiger partial charge in [0.1, 0.15) is 23.5 Å². The molecular formula is C22H18F2N4O. The van der Waals surface area contributed by atoms with Crippen LogP contribution in [0.1, 0.15) is 33.5 Å². The van der Waals surface area contributed by atoms with Crippen molar-refractivity contribution >= 4 is 16.8 Å². The Kier molecular flexibility index (Phi) is 4.80. The minimum absolute atomic E-state index is 0.361. The molecule has 0 radical (unpaired) electrons. The SMILES string of the molecule is Cc1nc2cc(F)ccc2cc1C(=O)NC(c1cccc(F)c1)c1nccn1C. The molecule has 5 nitrogen and oxygen atoms in total. The lowest BCUT2D eigenvalue weighted by molar-refractivity contribution is 0.0940. The number of rotatable bonds is 4. The van der Waals surface area contributed by atoms with Crippen LogP contribution in [-0.4, -0.2) is 20.4 Å². The van der Waals surface area contributed by atoms with Crippen molar-refractivity contribution in [2.24, 2.45) is 7.05 Å². The number of imidazole rings is 1. The van der Waals surface area contributed by atoms with Gasteiger partial charge in [-0.25, -0.2) is 13.8 Å². The molecule has 7 heteroatoms. The number of carbonyl (C=O) groups is 1. The maximum Gasteiger partial charge on any atom is 0.253 e. The molecule has 2 aromatic carbocycles. The molecule has 0 aliphatic rings. The number of aryl methyl sites for hydroxylation is 2. The first-order chi connectivity index (χ1) is 13.9. The fourth-order valence-electron chi connectivity index (χ4n) is 3.31. The first-order valence-electron chi connectivity index (χ1n) is 9.03. The summed E-state index contributed by atoms with van der Waals surface area (Å²) >= 11 is 0. The van der Waals surface area contributed by atoms with E-state index in [4.69, 9.17) is 0 Å². The molecule has 4 rings (SSSR count). The Hall–Kier alpha value is -3.61. The van der Waals surface area contributed by atoms with Crippen molar-refractivity contribution in [1.82, 2.24) is 19.9 Å². The molecule has 1 N–H and O–H groups in total. The highest BCUT2D eigenvalue weighted by atomic mass is 19.1. The fourth-order valence-corrected chi connectivity index (χ4v) is 3.31. The van der Waals surface area contributed by atoms with E-state index in [0.29, 0.717) is 33.5 Å². The lowest BCUT2D eigenvalue weighted by atomic mass is 10.0. The Balaban J connectivity index is 1.74. The summed E-state index contributed by atoms with van der Waals surface area (Å²) in [5.74, 6) is -0.597. The third-order valence-corrected chi connectivity index (χ3v) is 4.79. The maximum absolute atomic E-state index is 13.8. The third kappa shape index (κ3) is 3.71. The molecule has 146 valence electrons. The van der Waals surface area contributed by atoms with E-state index < -0.39 is 11.9 Å². The van der Waals surface area contributed by atoms with Crippen LogP contribution < -0.4 is 5.32 Å². The number of benzene rings is 2. The molecule has 4 aromatic rings. The van der Waals surface area contributed by atoms with Crippen LogP contribution in [0, 0.1) is 18.6 Å². The van der Waals surface area contributed by atoms with Gasteiger partial charge in [0, 0.05) is 30.9 Å². The van der Waals surface area contributed by atoms with Gasteiger partial charge in [0.2, 0.25) is 0 Å². The smallest absolute Gasteiger partial charge is 0.253 e. The maximum atomic E-state index is 13.8.